The Kier molecular flexibility index (Phi) is 5.40. The molecule has 1 spiro atoms. The summed E-state index contributed by atoms with van der Waals surface area (Å²) in [5.41, 5.74) is 1.58. The molecule has 9 nitrogen and oxygen atoms in total. The smallest absolute Gasteiger partial charge is 0.249 e. The van der Waals surface area contributed by atoms with E-state index in [1.165, 1.54) is 7.11 Å². The molecule has 0 unspecified atom stereocenters. The van der Waals surface area contributed by atoms with E-state index in [-0.39, 0.29) is 24.3 Å². The highest BCUT2D eigenvalue weighted by Crippen LogP contribution is 2.42. The van der Waals surface area contributed by atoms with Gasteiger partial charge < -0.3 is 19.5 Å². The van der Waals surface area contributed by atoms with Crippen LogP contribution in [0.1, 0.15) is 31.2 Å². The first kappa shape index (κ1) is 19.6. The average Bonchev–Trinajstić information content (AvgIpc) is 3.41. The number of aromatic amines is 1. The van der Waals surface area contributed by atoms with E-state index >= 15 is 0 Å². The van der Waals surface area contributed by atoms with Crippen molar-refractivity contribution in [1.82, 2.24) is 29.5 Å². The van der Waals surface area contributed by atoms with Crippen molar-refractivity contribution in [2.24, 2.45) is 5.92 Å². The zero-order valence-corrected chi connectivity index (χ0v) is 17.0. The number of amides is 2. The molecule has 2 aliphatic rings. The van der Waals surface area contributed by atoms with Gasteiger partial charge in [-0.1, -0.05) is 6.92 Å². The van der Waals surface area contributed by atoms with Gasteiger partial charge in [0.05, 0.1) is 30.0 Å². The molecule has 1 N–H and O–H groups in total. The lowest BCUT2D eigenvalue weighted by atomic mass is 9.78. The standard InChI is InChI=1S/C20H28N6O3/c1-15(12-25-8-3-7-23-25)19(28)24-10-5-20(6-11-24)18-16(21-14-22-18)4-9-26(20)17(27)13-29-2/h3,7-8,14-15H,4-6,9-13H2,1-2H3,(H,21,22)/t15-/m0/s1. The SMILES string of the molecule is COCC(=O)N1CCc2[nH]cnc2C12CCN(C(=O)[C@@H](C)Cn1cccn1)CC2. The van der Waals surface area contributed by atoms with Gasteiger partial charge in [0.25, 0.3) is 0 Å². The van der Waals surface area contributed by atoms with E-state index in [0.717, 1.165) is 17.8 Å². The number of rotatable bonds is 5. The molecule has 0 saturated carbocycles. The Hall–Kier alpha value is -2.68. The fraction of sp³-hybridized carbons (Fsp3) is 0.600. The molecule has 0 aliphatic carbocycles. The Balaban J connectivity index is 1.49. The lowest BCUT2D eigenvalue weighted by Crippen LogP contribution is -2.59. The second kappa shape index (κ2) is 7.98. The van der Waals surface area contributed by atoms with E-state index in [1.54, 1.807) is 17.2 Å². The summed E-state index contributed by atoms with van der Waals surface area (Å²) in [6.07, 6.45) is 7.42. The third-order valence-electron chi connectivity index (χ3n) is 6.17. The van der Waals surface area contributed by atoms with Gasteiger partial charge in [-0.2, -0.15) is 5.10 Å². The monoisotopic (exact) mass is 400 g/mol. The molecule has 1 atom stereocenters. The number of nitrogens with one attached hydrogen (secondary N) is 1. The van der Waals surface area contributed by atoms with E-state index in [2.05, 4.69) is 15.1 Å². The summed E-state index contributed by atoms with van der Waals surface area (Å²) in [6, 6.07) is 1.86. The van der Waals surface area contributed by atoms with E-state index in [1.807, 2.05) is 29.0 Å². The van der Waals surface area contributed by atoms with Gasteiger partial charge in [0.1, 0.15) is 6.61 Å². The normalized spacial score (nSPS) is 19.2. The number of hydrogen-bond acceptors (Lipinski definition) is 5. The van der Waals surface area contributed by atoms with Crippen LogP contribution in [0.15, 0.2) is 24.8 Å². The van der Waals surface area contributed by atoms with E-state index in [0.29, 0.717) is 39.0 Å². The number of H-pyrrole nitrogens is 1. The zero-order chi connectivity index (χ0) is 20.4. The second-order valence-corrected chi connectivity index (χ2v) is 7.94. The minimum atomic E-state index is -0.467. The predicted octanol–water partition coefficient (Wildman–Crippen LogP) is 0.791. The van der Waals surface area contributed by atoms with Crippen LogP contribution >= 0.6 is 0 Å². The Morgan fingerprint density at radius 1 is 1.31 bits per heavy atom. The summed E-state index contributed by atoms with van der Waals surface area (Å²) >= 11 is 0. The minimum absolute atomic E-state index is 0.0204. The van der Waals surface area contributed by atoms with Gasteiger partial charge in [-0.25, -0.2) is 4.98 Å². The molecule has 2 aromatic heterocycles. The molecule has 29 heavy (non-hydrogen) atoms. The summed E-state index contributed by atoms with van der Waals surface area (Å²) in [5, 5.41) is 4.20. The molecule has 0 radical (unpaired) electrons. The quantitative estimate of drug-likeness (QED) is 0.801. The van der Waals surface area contributed by atoms with Crippen LogP contribution < -0.4 is 0 Å². The minimum Gasteiger partial charge on any atom is -0.375 e. The molecule has 1 fully saturated rings. The number of hydrogen-bond donors (Lipinski definition) is 1. The number of imidazole rings is 1. The number of fused-ring (bicyclic) bond motifs is 2. The van der Waals surface area contributed by atoms with Crippen molar-refractivity contribution in [3.05, 3.63) is 36.2 Å². The molecule has 1 saturated heterocycles. The van der Waals surface area contributed by atoms with Gasteiger partial charge >= 0.3 is 0 Å². The summed E-state index contributed by atoms with van der Waals surface area (Å²) in [6.45, 7) is 4.41. The highest BCUT2D eigenvalue weighted by molar-refractivity contribution is 5.80. The van der Waals surface area contributed by atoms with Crippen molar-refractivity contribution in [2.45, 2.75) is 38.3 Å². The first-order valence-corrected chi connectivity index (χ1v) is 10.1. The number of ether oxygens (including phenoxy) is 1. The lowest BCUT2D eigenvalue weighted by Gasteiger charge is -2.50. The maximum Gasteiger partial charge on any atom is 0.249 e. The van der Waals surface area contributed by atoms with Crippen LogP contribution in [0.25, 0.3) is 0 Å². The molecule has 4 heterocycles. The molecule has 4 rings (SSSR count). The zero-order valence-electron chi connectivity index (χ0n) is 17.0. The summed E-state index contributed by atoms with van der Waals surface area (Å²) in [7, 11) is 1.54. The van der Waals surface area contributed by atoms with Crippen molar-refractivity contribution < 1.29 is 14.3 Å². The van der Waals surface area contributed by atoms with Gasteiger partial charge in [-0.15, -0.1) is 0 Å². The Labute approximate surface area is 170 Å². The summed E-state index contributed by atoms with van der Waals surface area (Å²) in [5.74, 6) is -0.0429. The van der Waals surface area contributed by atoms with E-state index < -0.39 is 5.54 Å². The number of carbonyl (C=O) groups excluding carboxylic acids is 2. The Morgan fingerprint density at radius 2 is 2.10 bits per heavy atom. The van der Waals surface area contributed by atoms with Crippen molar-refractivity contribution in [1.29, 1.82) is 0 Å². The van der Waals surface area contributed by atoms with Crippen LogP contribution in [-0.4, -0.2) is 74.7 Å². The van der Waals surface area contributed by atoms with Gasteiger partial charge in [-0.3, -0.25) is 14.3 Å². The van der Waals surface area contributed by atoms with Crippen LogP contribution in [0.3, 0.4) is 0 Å². The first-order valence-electron chi connectivity index (χ1n) is 10.1. The number of likely N-dealkylation sites (tertiary alicyclic amines) is 1. The van der Waals surface area contributed by atoms with Crippen molar-refractivity contribution >= 4 is 11.8 Å². The lowest BCUT2D eigenvalue weighted by molar-refractivity contribution is -0.148. The third kappa shape index (κ3) is 3.55. The maximum atomic E-state index is 13.0. The first-order chi connectivity index (χ1) is 14.0. The molecule has 9 heteroatoms. The van der Waals surface area contributed by atoms with Crippen molar-refractivity contribution in [3.63, 3.8) is 0 Å². The number of nitrogens with zero attached hydrogens (tertiary/aromatic N) is 5. The average molecular weight is 400 g/mol. The van der Waals surface area contributed by atoms with Gasteiger partial charge in [0.2, 0.25) is 11.8 Å². The van der Waals surface area contributed by atoms with E-state index in [9.17, 15) is 9.59 Å². The molecular weight excluding hydrogens is 372 g/mol. The van der Waals surface area contributed by atoms with Gasteiger partial charge in [0.15, 0.2) is 0 Å². The van der Waals surface area contributed by atoms with Crippen LogP contribution in [0.5, 0.6) is 0 Å². The molecule has 2 aromatic rings. The Bertz CT molecular complexity index is 853. The highest BCUT2D eigenvalue weighted by atomic mass is 16.5. The molecule has 156 valence electrons. The molecule has 2 aliphatic heterocycles. The highest BCUT2D eigenvalue weighted by Gasteiger charge is 2.49. The number of carbonyl (C=O) groups is 2. The third-order valence-corrected chi connectivity index (χ3v) is 6.17. The number of methoxy groups -OCH3 is 1. The number of aromatic nitrogens is 4. The number of piperidine rings is 1. The van der Waals surface area contributed by atoms with Crippen LogP contribution in [0.4, 0.5) is 0 Å². The summed E-state index contributed by atoms with van der Waals surface area (Å²) in [4.78, 5) is 37.4. The molecular formula is C20H28N6O3. The fourth-order valence-corrected chi connectivity index (χ4v) is 4.73. The predicted molar refractivity (Wildman–Crippen MR) is 105 cm³/mol. The molecule has 2 amide bonds. The summed E-state index contributed by atoms with van der Waals surface area (Å²) < 4.78 is 6.90. The van der Waals surface area contributed by atoms with Gasteiger partial charge in [-0.05, 0) is 18.9 Å². The van der Waals surface area contributed by atoms with Gasteiger partial charge in [0, 0.05) is 51.3 Å². The van der Waals surface area contributed by atoms with Crippen molar-refractivity contribution in [2.75, 3.05) is 33.4 Å². The van der Waals surface area contributed by atoms with Crippen LogP contribution in [0.2, 0.25) is 0 Å². The maximum absolute atomic E-state index is 13.0. The van der Waals surface area contributed by atoms with Crippen molar-refractivity contribution in [3.8, 4) is 0 Å². The topological polar surface area (TPSA) is 96.4 Å². The van der Waals surface area contributed by atoms with E-state index in [4.69, 9.17) is 4.74 Å². The second-order valence-electron chi connectivity index (χ2n) is 7.94. The largest absolute Gasteiger partial charge is 0.375 e. The fourth-order valence-electron chi connectivity index (χ4n) is 4.73. The van der Waals surface area contributed by atoms with Crippen LogP contribution in [0, 0.1) is 5.92 Å². The van der Waals surface area contributed by atoms with Crippen LogP contribution in [-0.2, 0) is 32.8 Å². The Morgan fingerprint density at radius 3 is 2.79 bits per heavy atom. The molecule has 0 aromatic carbocycles. The molecule has 0 bridgehead atoms.